The zero-order valence-corrected chi connectivity index (χ0v) is 12.8. The lowest BCUT2D eigenvalue weighted by molar-refractivity contribution is 0.345. The van der Waals surface area contributed by atoms with E-state index in [4.69, 9.17) is 26.8 Å². The maximum atomic E-state index is 6.60. The lowest BCUT2D eigenvalue weighted by Gasteiger charge is -2.26. The molecule has 1 fully saturated rings. The highest BCUT2D eigenvalue weighted by atomic mass is 35.5. The molecule has 1 saturated carbocycles. The van der Waals surface area contributed by atoms with Gasteiger partial charge >= 0.3 is 0 Å². The first-order valence-corrected chi connectivity index (χ1v) is 7.09. The zero-order chi connectivity index (χ0) is 14.2. The van der Waals surface area contributed by atoms with Crippen molar-refractivity contribution in [3.8, 4) is 11.5 Å². The predicted octanol–water partition coefficient (Wildman–Crippen LogP) is 3.30. The van der Waals surface area contributed by atoms with Crippen molar-refractivity contribution in [1.29, 1.82) is 0 Å². The van der Waals surface area contributed by atoms with E-state index in [2.05, 4.69) is 6.92 Å². The molecule has 3 nitrogen and oxygen atoms in total. The largest absolute Gasteiger partial charge is 0.493 e. The van der Waals surface area contributed by atoms with E-state index in [0.717, 1.165) is 46.9 Å². The molecule has 1 aromatic rings. The molecule has 1 aliphatic rings. The molecule has 0 saturated heterocycles. The van der Waals surface area contributed by atoms with Crippen LogP contribution in [0.25, 0.3) is 0 Å². The third-order valence-electron chi connectivity index (χ3n) is 4.22. The number of aryl methyl sites for hydroxylation is 1. The van der Waals surface area contributed by atoms with Gasteiger partial charge in [-0.1, -0.05) is 18.5 Å². The highest BCUT2D eigenvalue weighted by Crippen LogP contribution is 2.58. The molecular formula is C15H22ClNO2. The Bertz CT molecular complexity index is 482. The van der Waals surface area contributed by atoms with Gasteiger partial charge in [-0.15, -0.1) is 0 Å². The average Bonchev–Trinajstić information content (AvgIpc) is 3.19. The topological polar surface area (TPSA) is 44.5 Å². The molecule has 0 heterocycles. The second kappa shape index (κ2) is 5.22. The van der Waals surface area contributed by atoms with Crippen LogP contribution in [-0.2, 0) is 11.8 Å². The van der Waals surface area contributed by atoms with Crippen molar-refractivity contribution in [2.75, 3.05) is 14.2 Å². The Morgan fingerprint density at radius 1 is 1.37 bits per heavy atom. The molecule has 0 amide bonds. The summed E-state index contributed by atoms with van der Waals surface area (Å²) in [4.78, 5) is 0. The summed E-state index contributed by atoms with van der Waals surface area (Å²) in [6.45, 7) is 4.12. The van der Waals surface area contributed by atoms with Crippen LogP contribution < -0.4 is 15.2 Å². The molecule has 1 aromatic carbocycles. The fraction of sp³-hybridized carbons (Fsp3) is 0.600. The highest BCUT2D eigenvalue weighted by molar-refractivity contribution is 6.32. The SMILES string of the molecule is CCc1cc(OC)c(OC)c(C2(C(C)N)CC2)c1Cl. The maximum absolute atomic E-state index is 6.60. The van der Waals surface area contributed by atoms with Gasteiger partial charge in [-0.05, 0) is 37.8 Å². The summed E-state index contributed by atoms with van der Waals surface area (Å²) in [6.07, 6.45) is 2.97. The van der Waals surface area contributed by atoms with E-state index in [1.165, 1.54) is 0 Å². The summed E-state index contributed by atoms with van der Waals surface area (Å²) in [5, 5.41) is 0.787. The molecule has 0 bridgehead atoms. The van der Waals surface area contributed by atoms with Crippen LogP contribution in [0.15, 0.2) is 6.07 Å². The summed E-state index contributed by atoms with van der Waals surface area (Å²) in [6, 6.07) is 2.01. The number of nitrogens with two attached hydrogens (primary N) is 1. The Morgan fingerprint density at radius 3 is 2.37 bits per heavy atom. The van der Waals surface area contributed by atoms with E-state index in [-0.39, 0.29) is 11.5 Å². The lowest BCUT2D eigenvalue weighted by Crippen LogP contribution is -2.32. The Labute approximate surface area is 120 Å². The molecule has 4 heteroatoms. The maximum Gasteiger partial charge on any atom is 0.166 e. The van der Waals surface area contributed by atoms with Crippen LogP contribution in [0.4, 0.5) is 0 Å². The standard InChI is InChI=1S/C15H22ClNO2/c1-5-10-8-11(18-3)14(19-4)12(13(10)16)15(6-7-15)9(2)17/h8-9H,5-7,17H2,1-4H3. The second-order valence-electron chi connectivity index (χ2n) is 5.26. The Kier molecular flexibility index (Phi) is 3.98. The Morgan fingerprint density at radius 2 is 2.00 bits per heavy atom. The van der Waals surface area contributed by atoms with E-state index in [9.17, 15) is 0 Å². The number of rotatable bonds is 5. The van der Waals surface area contributed by atoms with Gasteiger partial charge in [0.25, 0.3) is 0 Å². The summed E-state index contributed by atoms with van der Waals surface area (Å²) in [5.74, 6) is 1.48. The van der Waals surface area contributed by atoms with Gasteiger partial charge < -0.3 is 15.2 Å². The number of benzene rings is 1. The van der Waals surface area contributed by atoms with Gasteiger partial charge in [-0.3, -0.25) is 0 Å². The monoisotopic (exact) mass is 283 g/mol. The third kappa shape index (κ3) is 2.19. The lowest BCUT2D eigenvalue weighted by atomic mass is 9.86. The molecule has 0 aromatic heterocycles. The normalized spacial score (nSPS) is 18.0. The van der Waals surface area contributed by atoms with Crippen molar-refractivity contribution < 1.29 is 9.47 Å². The van der Waals surface area contributed by atoms with Crippen LogP contribution in [0.2, 0.25) is 5.02 Å². The summed E-state index contributed by atoms with van der Waals surface area (Å²) >= 11 is 6.60. The summed E-state index contributed by atoms with van der Waals surface area (Å²) in [5.41, 5.74) is 8.25. The van der Waals surface area contributed by atoms with E-state index in [0.29, 0.717) is 0 Å². The number of hydrogen-bond acceptors (Lipinski definition) is 3. The minimum absolute atomic E-state index is 0.0516. The Hall–Kier alpha value is -0.930. The van der Waals surface area contributed by atoms with Crippen LogP contribution in [0.1, 0.15) is 37.8 Å². The van der Waals surface area contributed by atoms with Crippen LogP contribution in [0.5, 0.6) is 11.5 Å². The fourth-order valence-corrected chi connectivity index (χ4v) is 3.26. The number of ether oxygens (including phenoxy) is 2. The quantitative estimate of drug-likeness (QED) is 0.902. The molecule has 106 valence electrons. The van der Waals surface area contributed by atoms with E-state index < -0.39 is 0 Å². The molecule has 1 atom stereocenters. The van der Waals surface area contributed by atoms with Crippen LogP contribution in [0.3, 0.4) is 0 Å². The molecule has 1 unspecified atom stereocenters. The number of methoxy groups -OCH3 is 2. The summed E-state index contributed by atoms with van der Waals surface area (Å²) < 4.78 is 11.0. The van der Waals surface area contributed by atoms with Gasteiger partial charge in [0.15, 0.2) is 11.5 Å². The minimum atomic E-state index is -0.0547. The molecule has 19 heavy (non-hydrogen) atoms. The van der Waals surface area contributed by atoms with Gasteiger partial charge in [-0.2, -0.15) is 0 Å². The van der Waals surface area contributed by atoms with Crippen molar-refractivity contribution in [3.63, 3.8) is 0 Å². The second-order valence-corrected chi connectivity index (χ2v) is 5.64. The van der Waals surface area contributed by atoms with Gasteiger partial charge in [0.05, 0.1) is 19.2 Å². The molecule has 0 spiro atoms. The van der Waals surface area contributed by atoms with Gasteiger partial charge in [-0.25, -0.2) is 0 Å². The van der Waals surface area contributed by atoms with Crippen molar-refractivity contribution in [3.05, 3.63) is 22.2 Å². The van der Waals surface area contributed by atoms with Gasteiger partial charge in [0, 0.05) is 17.0 Å². The Balaban J connectivity index is 2.69. The zero-order valence-electron chi connectivity index (χ0n) is 12.0. The minimum Gasteiger partial charge on any atom is -0.493 e. The molecule has 2 N–H and O–H groups in total. The molecule has 0 aliphatic heterocycles. The van der Waals surface area contributed by atoms with E-state index in [1.807, 2.05) is 13.0 Å². The average molecular weight is 284 g/mol. The number of hydrogen-bond donors (Lipinski definition) is 1. The molecular weight excluding hydrogens is 262 g/mol. The van der Waals surface area contributed by atoms with Crippen molar-refractivity contribution in [2.24, 2.45) is 5.73 Å². The molecule has 2 rings (SSSR count). The number of halogens is 1. The van der Waals surface area contributed by atoms with Gasteiger partial charge in [0.1, 0.15) is 0 Å². The predicted molar refractivity (Wildman–Crippen MR) is 78.5 cm³/mol. The highest BCUT2D eigenvalue weighted by Gasteiger charge is 2.51. The first kappa shape index (κ1) is 14.5. The van der Waals surface area contributed by atoms with Crippen LogP contribution in [-0.4, -0.2) is 20.3 Å². The van der Waals surface area contributed by atoms with E-state index >= 15 is 0 Å². The summed E-state index contributed by atoms with van der Waals surface area (Å²) in [7, 11) is 3.31. The van der Waals surface area contributed by atoms with E-state index in [1.54, 1.807) is 14.2 Å². The van der Waals surface area contributed by atoms with Gasteiger partial charge in [0.2, 0.25) is 0 Å². The van der Waals surface area contributed by atoms with Crippen LogP contribution >= 0.6 is 11.6 Å². The van der Waals surface area contributed by atoms with Crippen LogP contribution in [0, 0.1) is 0 Å². The van der Waals surface area contributed by atoms with Crippen molar-refractivity contribution in [1.82, 2.24) is 0 Å². The van der Waals surface area contributed by atoms with Crippen molar-refractivity contribution in [2.45, 2.75) is 44.6 Å². The first-order valence-electron chi connectivity index (χ1n) is 6.71. The van der Waals surface area contributed by atoms with Crippen molar-refractivity contribution >= 4 is 11.6 Å². The first-order chi connectivity index (χ1) is 9.01. The smallest absolute Gasteiger partial charge is 0.166 e. The fourth-order valence-electron chi connectivity index (χ4n) is 2.79. The third-order valence-corrected chi connectivity index (χ3v) is 4.65. The molecule has 0 radical (unpaired) electrons. The molecule has 1 aliphatic carbocycles.